The number of carbonyl (C=O) groups is 2. The second kappa shape index (κ2) is 7.73. The molecule has 0 heterocycles. The highest BCUT2D eigenvalue weighted by molar-refractivity contribution is 5.90. The Labute approximate surface area is 148 Å². The predicted octanol–water partition coefficient (Wildman–Crippen LogP) is -0.343. The Morgan fingerprint density at radius 1 is 1.19 bits per heavy atom. The fourth-order valence-corrected chi connectivity index (χ4v) is 2.75. The van der Waals surface area contributed by atoms with Gasteiger partial charge in [0.15, 0.2) is 11.5 Å². The summed E-state index contributed by atoms with van der Waals surface area (Å²) < 4.78 is 9.93. The van der Waals surface area contributed by atoms with E-state index in [1.165, 1.54) is 31.4 Å². The Kier molecular flexibility index (Phi) is 5.86. The number of carboxylic acid groups (broad SMARTS) is 1. The maximum atomic E-state index is 12.0. The molecule has 0 aromatic heterocycles. The minimum absolute atomic E-state index is 0.0826. The molecule has 142 valence electrons. The summed E-state index contributed by atoms with van der Waals surface area (Å²) >= 11 is 0. The van der Waals surface area contributed by atoms with E-state index in [2.05, 4.69) is 0 Å². The van der Waals surface area contributed by atoms with E-state index in [1.54, 1.807) is 0 Å². The van der Waals surface area contributed by atoms with Crippen molar-refractivity contribution in [1.29, 1.82) is 0 Å². The molecule has 1 saturated carbocycles. The summed E-state index contributed by atoms with van der Waals surface area (Å²) in [4.78, 5) is 23.6. The first-order chi connectivity index (χ1) is 12.2. The van der Waals surface area contributed by atoms with Gasteiger partial charge in [-0.15, -0.1) is 0 Å². The normalized spacial score (nSPS) is 28.7. The lowest BCUT2D eigenvalue weighted by Crippen LogP contribution is -2.57. The summed E-state index contributed by atoms with van der Waals surface area (Å²) in [5.41, 5.74) is -1.66. The number of benzene rings is 1. The van der Waals surface area contributed by atoms with Gasteiger partial charge in [0.1, 0.15) is 6.10 Å². The average molecular weight is 368 g/mol. The van der Waals surface area contributed by atoms with Crippen molar-refractivity contribution in [3.8, 4) is 11.5 Å². The van der Waals surface area contributed by atoms with Gasteiger partial charge in [-0.1, -0.05) is 6.07 Å². The smallest absolute Gasteiger partial charge is 0.348 e. The molecule has 26 heavy (non-hydrogen) atoms. The number of aromatic hydroxyl groups is 1. The standard InChI is InChI=1S/C17H20O9/c1-25-13-6-9(2-4-10(13)18)3-5-14(21)26-17(16(23)24)7-11(19)15(22)12(20)8-17/h2-6,11-12,15,18-20,22H,7-8H2,1H3,(H,23,24). The van der Waals surface area contributed by atoms with Crippen LogP contribution in [0.15, 0.2) is 24.3 Å². The van der Waals surface area contributed by atoms with Gasteiger partial charge in [0, 0.05) is 18.9 Å². The highest BCUT2D eigenvalue weighted by Crippen LogP contribution is 2.33. The molecule has 1 aromatic carbocycles. The Bertz CT molecular complexity index is 700. The molecule has 0 saturated heterocycles. The van der Waals surface area contributed by atoms with Crippen LogP contribution in [-0.4, -0.2) is 68.5 Å². The number of aliphatic hydroxyl groups excluding tert-OH is 3. The topological polar surface area (TPSA) is 154 Å². The summed E-state index contributed by atoms with van der Waals surface area (Å²) in [6.07, 6.45) is -3.41. The zero-order valence-electron chi connectivity index (χ0n) is 13.9. The SMILES string of the molecule is COc1cc(C=CC(=O)OC2(C(=O)O)CC(O)C(O)C(O)C2)ccc1O. The molecule has 9 heteroatoms. The minimum atomic E-state index is -2.15. The molecular weight excluding hydrogens is 348 g/mol. The molecule has 9 nitrogen and oxygen atoms in total. The van der Waals surface area contributed by atoms with Crippen molar-refractivity contribution < 1.29 is 44.6 Å². The van der Waals surface area contributed by atoms with Gasteiger partial charge >= 0.3 is 11.9 Å². The summed E-state index contributed by atoms with van der Waals surface area (Å²) in [5.74, 6) is -2.43. The third-order valence-corrected chi connectivity index (χ3v) is 4.17. The minimum Gasteiger partial charge on any atom is -0.504 e. The molecule has 1 aliphatic rings. The molecule has 0 bridgehead atoms. The van der Waals surface area contributed by atoms with Gasteiger partial charge in [-0.3, -0.25) is 0 Å². The molecule has 2 atom stereocenters. The largest absolute Gasteiger partial charge is 0.504 e. The van der Waals surface area contributed by atoms with Crippen LogP contribution in [0.2, 0.25) is 0 Å². The number of aliphatic hydroxyl groups is 3. The van der Waals surface area contributed by atoms with Crippen LogP contribution >= 0.6 is 0 Å². The average Bonchev–Trinajstić information content (AvgIpc) is 2.58. The quantitative estimate of drug-likeness (QED) is 0.347. The van der Waals surface area contributed by atoms with E-state index in [4.69, 9.17) is 9.47 Å². The number of ether oxygens (including phenoxy) is 2. The lowest BCUT2D eigenvalue weighted by Gasteiger charge is -2.39. The van der Waals surface area contributed by atoms with Crippen LogP contribution in [0.5, 0.6) is 11.5 Å². The van der Waals surface area contributed by atoms with E-state index < -0.39 is 48.7 Å². The van der Waals surface area contributed by atoms with E-state index >= 15 is 0 Å². The summed E-state index contributed by atoms with van der Waals surface area (Å²) in [5, 5.41) is 47.9. The fraction of sp³-hybridized carbons (Fsp3) is 0.412. The van der Waals surface area contributed by atoms with Gasteiger partial charge in [0.05, 0.1) is 19.3 Å². The van der Waals surface area contributed by atoms with Gasteiger partial charge < -0.3 is 35.0 Å². The highest BCUT2D eigenvalue weighted by Gasteiger charge is 2.52. The maximum absolute atomic E-state index is 12.0. The van der Waals surface area contributed by atoms with E-state index in [1.807, 2.05) is 0 Å². The first-order valence-electron chi connectivity index (χ1n) is 7.74. The second-order valence-electron chi connectivity index (χ2n) is 6.02. The molecular formula is C17H20O9. The lowest BCUT2D eigenvalue weighted by atomic mass is 9.79. The van der Waals surface area contributed by atoms with Crippen molar-refractivity contribution in [2.75, 3.05) is 7.11 Å². The van der Waals surface area contributed by atoms with Crippen LogP contribution in [0.1, 0.15) is 18.4 Å². The predicted molar refractivity (Wildman–Crippen MR) is 87.4 cm³/mol. The molecule has 1 aromatic rings. The number of aliphatic carboxylic acids is 1. The first kappa shape index (κ1) is 19.7. The summed E-state index contributed by atoms with van der Waals surface area (Å²) in [6.45, 7) is 0. The highest BCUT2D eigenvalue weighted by atomic mass is 16.6. The van der Waals surface area contributed by atoms with Crippen molar-refractivity contribution in [3.05, 3.63) is 29.8 Å². The van der Waals surface area contributed by atoms with Gasteiger partial charge in [-0.05, 0) is 23.8 Å². The summed E-state index contributed by atoms with van der Waals surface area (Å²) in [6, 6.07) is 4.31. The van der Waals surface area contributed by atoms with E-state index in [-0.39, 0.29) is 11.5 Å². The Morgan fingerprint density at radius 2 is 1.81 bits per heavy atom. The van der Waals surface area contributed by atoms with Crippen molar-refractivity contribution in [2.45, 2.75) is 36.8 Å². The number of carbonyl (C=O) groups excluding carboxylic acids is 1. The number of phenols is 1. The fourth-order valence-electron chi connectivity index (χ4n) is 2.75. The maximum Gasteiger partial charge on any atom is 0.348 e. The number of methoxy groups -OCH3 is 1. The van der Waals surface area contributed by atoms with E-state index in [0.29, 0.717) is 5.56 Å². The second-order valence-corrected chi connectivity index (χ2v) is 6.02. The Balaban J connectivity index is 2.15. The molecule has 2 unspecified atom stereocenters. The van der Waals surface area contributed by atoms with Crippen LogP contribution in [0.25, 0.3) is 6.08 Å². The van der Waals surface area contributed by atoms with Gasteiger partial charge in [-0.25, -0.2) is 9.59 Å². The van der Waals surface area contributed by atoms with Gasteiger partial charge in [0.2, 0.25) is 5.60 Å². The zero-order chi connectivity index (χ0) is 19.5. The van der Waals surface area contributed by atoms with E-state index in [0.717, 1.165) is 6.08 Å². The molecule has 0 radical (unpaired) electrons. The molecule has 0 aliphatic heterocycles. The Morgan fingerprint density at radius 3 is 2.35 bits per heavy atom. The molecule has 5 N–H and O–H groups in total. The number of hydrogen-bond acceptors (Lipinski definition) is 8. The van der Waals surface area contributed by atoms with Crippen molar-refractivity contribution in [2.24, 2.45) is 0 Å². The van der Waals surface area contributed by atoms with Crippen molar-refractivity contribution in [3.63, 3.8) is 0 Å². The third kappa shape index (κ3) is 4.13. The van der Waals surface area contributed by atoms with Crippen molar-refractivity contribution >= 4 is 18.0 Å². The number of carboxylic acids is 1. The molecule has 1 aliphatic carbocycles. The zero-order valence-corrected chi connectivity index (χ0v) is 13.9. The van der Waals surface area contributed by atoms with Crippen LogP contribution in [0, 0.1) is 0 Å². The molecule has 2 rings (SSSR count). The summed E-state index contributed by atoms with van der Waals surface area (Å²) in [7, 11) is 1.36. The monoisotopic (exact) mass is 368 g/mol. The van der Waals surface area contributed by atoms with Crippen LogP contribution in [0.4, 0.5) is 0 Å². The number of rotatable bonds is 5. The number of esters is 1. The lowest BCUT2D eigenvalue weighted by molar-refractivity contribution is -0.201. The first-order valence-corrected chi connectivity index (χ1v) is 7.74. The number of phenolic OH excluding ortho intramolecular Hbond substituents is 1. The van der Waals surface area contributed by atoms with Gasteiger partial charge in [0.25, 0.3) is 0 Å². The molecule has 0 amide bonds. The molecule has 1 fully saturated rings. The third-order valence-electron chi connectivity index (χ3n) is 4.17. The van der Waals surface area contributed by atoms with Gasteiger partial charge in [-0.2, -0.15) is 0 Å². The Hall–Kier alpha value is -2.62. The van der Waals surface area contributed by atoms with E-state index in [9.17, 15) is 35.1 Å². The van der Waals surface area contributed by atoms with Crippen LogP contribution in [0.3, 0.4) is 0 Å². The van der Waals surface area contributed by atoms with Crippen LogP contribution < -0.4 is 4.74 Å². The molecule has 0 spiro atoms. The van der Waals surface area contributed by atoms with Crippen LogP contribution in [-0.2, 0) is 14.3 Å². The number of hydrogen-bond donors (Lipinski definition) is 5. The van der Waals surface area contributed by atoms with Crippen molar-refractivity contribution in [1.82, 2.24) is 0 Å².